The van der Waals surface area contributed by atoms with E-state index in [0.29, 0.717) is 13.0 Å². The second kappa shape index (κ2) is 7.92. The minimum Gasteiger partial charge on any atom is -0.497 e. The average molecular weight is 382 g/mol. The SMILES string of the molecule is COc1cccc(CC(=O)N2C[C@H](c3ccc(F)cc3)[C@@H]3[C@H]2CCCN3C)c1. The molecular weight excluding hydrogens is 355 g/mol. The van der Waals surface area contributed by atoms with Gasteiger partial charge in [0.15, 0.2) is 0 Å². The fourth-order valence-electron chi connectivity index (χ4n) is 4.89. The smallest absolute Gasteiger partial charge is 0.227 e. The van der Waals surface area contributed by atoms with Gasteiger partial charge in [0.1, 0.15) is 11.6 Å². The van der Waals surface area contributed by atoms with Gasteiger partial charge < -0.3 is 14.5 Å². The van der Waals surface area contributed by atoms with E-state index < -0.39 is 0 Å². The number of hydrogen-bond donors (Lipinski definition) is 0. The topological polar surface area (TPSA) is 32.8 Å². The Balaban J connectivity index is 1.57. The van der Waals surface area contributed by atoms with Crippen molar-refractivity contribution in [1.29, 1.82) is 0 Å². The van der Waals surface area contributed by atoms with Gasteiger partial charge in [0.2, 0.25) is 5.91 Å². The van der Waals surface area contributed by atoms with Crippen LogP contribution in [0.25, 0.3) is 0 Å². The van der Waals surface area contributed by atoms with Crippen molar-refractivity contribution in [2.45, 2.75) is 37.3 Å². The first-order valence-electron chi connectivity index (χ1n) is 9.95. The minimum atomic E-state index is -0.221. The molecule has 0 saturated carbocycles. The Kier molecular flexibility index (Phi) is 5.36. The number of methoxy groups -OCH3 is 1. The Morgan fingerprint density at radius 3 is 2.75 bits per heavy atom. The highest BCUT2D eigenvalue weighted by atomic mass is 19.1. The molecule has 0 radical (unpaired) electrons. The Morgan fingerprint density at radius 1 is 1.21 bits per heavy atom. The number of carbonyl (C=O) groups is 1. The Morgan fingerprint density at radius 2 is 2.00 bits per heavy atom. The van der Waals surface area contributed by atoms with Crippen LogP contribution in [0.3, 0.4) is 0 Å². The standard InChI is InChI=1S/C23H27FN2O2/c1-25-12-4-7-21-23(25)20(17-8-10-18(24)11-9-17)15-26(21)22(27)14-16-5-3-6-19(13-16)28-2/h3,5-6,8-11,13,20-21,23H,4,7,12,14-15H2,1-2H3/t20-,21-,23-/m1/s1. The van der Waals surface area contributed by atoms with Crippen LogP contribution in [0.1, 0.15) is 29.9 Å². The van der Waals surface area contributed by atoms with Crippen LogP contribution in [-0.2, 0) is 11.2 Å². The van der Waals surface area contributed by atoms with E-state index in [1.54, 1.807) is 7.11 Å². The molecular formula is C23H27FN2O2. The normalized spacial score (nSPS) is 24.8. The molecule has 148 valence electrons. The molecule has 2 aliphatic rings. The van der Waals surface area contributed by atoms with Crippen LogP contribution in [0.5, 0.6) is 5.75 Å². The molecule has 2 fully saturated rings. The zero-order chi connectivity index (χ0) is 19.7. The van der Waals surface area contributed by atoms with Crippen molar-refractivity contribution >= 4 is 5.91 Å². The van der Waals surface area contributed by atoms with Gasteiger partial charge in [-0.05, 0) is 61.8 Å². The molecule has 0 bridgehead atoms. The van der Waals surface area contributed by atoms with Gasteiger partial charge in [-0.1, -0.05) is 24.3 Å². The van der Waals surface area contributed by atoms with Crippen molar-refractivity contribution < 1.29 is 13.9 Å². The van der Waals surface area contributed by atoms with Gasteiger partial charge in [0.25, 0.3) is 0 Å². The number of likely N-dealkylation sites (N-methyl/N-ethyl adjacent to an activating group) is 1. The predicted octanol–water partition coefficient (Wildman–Crippen LogP) is 3.47. The molecule has 0 spiro atoms. The first kappa shape index (κ1) is 18.9. The van der Waals surface area contributed by atoms with Gasteiger partial charge in [-0.15, -0.1) is 0 Å². The third-order valence-corrected chi connectivity index (χ3v) is 6.23. The number of ether oxygens (including phenoxy) is 1. The number of benzene rings is 2. The lowest BCUT2D eigenvalue weighted by atomic mass is 9.86. The summed E-state index contributed by atoms with van der Waals surface area (Å²) in [6.45, 7) is 1.73. The number of halogens is 1. The molecule has 1 amide bonds. The fraction of sp³-hybridized carbons (Fsp3) is 0.435. The van der Waals surface area contributed by atoms with Crippen molar-refractivity contribution in [3.05, 3.63) is 65.5 Å². The highest BCUT2D eigenvalue weighted by molar-refractivity contribution is 5.80. The highest BCUT2D eigenvalue weighted by Crippen LogP contribution is 2.39. The van der Waals surface area contributed by atoms with Gasteiger partial charge in [-0.25, -0.2) is 4.39 Å². The summed E-state index contributed by atoms with van der Waals surface area (Å²) in [5, 5.41) is 0. The zero-order valence-electron chi connectivity index (χ0n) is 16.5. The number of amides is 1. The molecule has 2 aromatic carbocycles. The van der Waals surface area contributed by atoms with Gasteiger partial charge in [-0.2, -0.15) is 0 Å². The molecule has 2 heterocycles. The summed E-state index contributed by atoms with van der Waals surface area (Å²) in [6, 6.07) is 15.0. The number of hydrogen-bond acceptors (Lipinski definition) is 3. The van der Waals surface area contributed by atoms with E-state index >= 15 is 0 Å². The monoisotopic (exact) mass is 382 g/mol. The number of piperidine rings is 1. The van der Waals surface area contributed by atoms with E-state index in [1.165, 1.54) is 12.1 Å². The van der Waals surface area contributed by atoms with Crippen LogP contribution in [0.2, 0.25) is 0 Å². The lowest BCUT2D eigenvalue weighted by molar-refractivity contribution is -0.132. The lowest BCUT2D eigenvalue weighted by Gasteiger charge is -2.39. The molecule has 2 saturated heterocycles. The van der Waals surface area contributed by atoms with Crippen LogP contribution >= 0.6 is 0 Å². The maximum absolute atomic E-state index is 13.4. The molecule has 0 aliphatic carbocycles. The predicted molar refractivity (Wildman–Crippen MR) is 107 cm³/mol. The molecule has 4 nitrogen and oxygen atoms in total. The Hall–Kier alpha value is -2.40. The summed E-state index contributed by atoms with van der Waals surface area (Å²) < 4.78 is 18.7. The summed E-state index contributed by atoms with van der Waals surface area (Å²) >= 11 is 0. The molecule has 0 aromatic heterocycles. The number of rotatable bonds is 4. The van der Waals surface area contributed by atoms with Crippen LogP contribution in [0, 0.1) is 5.82 Å². The van der Waals surface area contributed by atoms with E-state index in [1.807, 2.05) is 36.4 Å². The van der Waals surface area contributed by atoms with Crippen molar-refractivity contribution in [1.82, 2.24) is 9.80 Å². The van der Waals surface area contributed by atoms with Crippen LogP contribution < -0.4 is 4.74 Å². The molecule has 3 atom stereocenters. The number of fused-ring (bicyclic) bond motifs is 1. The van der Waals surface area contributed by atoms with E-state index in [4.69, 9.17) is 4.74 Å². The third-order valence-electron chi connectivity index (χ3n) is 6.23. The molecule has 2 aliphatic heterocycles. The first-order valence-corrected chi connectivity index (χ1v) is 9.95. The van der Waals surface area contributed by atoms with Crippen molar-refractivity contribution in [3.63, 3.8) is 0 Å². The minimum absolute atomic E-state index is 0.156. The molecule has 0 unspecified atom stereocenters. The van der Waals surface area contributed by atoms with E-state index in [9.17, 15) is 9.18 Å². The number of likely N-dealkylation sites (tertiary alicyclic amines) is 2. The Labute approximate surface area is 165 Å². The Bertz CT molecular complexity index is 839. The summed E-state index contributed by atoms with van der Waals surface area (Å²) in [5.41, 5.74) is 2.08. The zero-order valence-corrected chi connectivity index (χ0v) is 16.5. The summed E-state index contributed by atoms with van der Waals surface area (Å²) in [6.07, 6.45) is 2.49. The van der Waals surface area contributed by atoms with Gasteiger partial charge in [-0.3, -0.25) is 4.79 Å². The van der Waals surface area contributed by atoms with Crippen molar-refractivity contribution in [2.24, 2.45) is 0 Å². The second-order valence-corrected chi connectivity index (χ2v) is 7.91. The van der Waals surface area contributed by atoms with Crippen LogP contribution in [0.4, 0.5) is 4.39 Å². The maximum Gasteiger partial charge on any atom is 0.227 e. The van der Waals surface area contributed by atoms with Gasteiger partial charge in [0.05, 0.1) is 13.5 Å². The number of carbonyl (C=O) groups excluding carboxylic acids is 1. The molecule has 4 rings (SSSR count). The van der Waals surface area contributed by atoms with Gasteiger partial charge in [0, 0.05) is 24.5 Å². The molecule has 28 heavy (non-hydrogen) atoms. The van der Waals surface area contributed by atoms with Crippen LogP contribution in [0.15, 0.2) is 48.5 Å². The third kappa shape index (κ3) is 3.63. The van der Waals surface area contributed by atoms with E-state index in [0.717, 1.165) is 36.3 Å². The van der Waals surface area contributed by atoms with E-state index in [-0.39, 0.29) is 29.7 Å². The second-order valence-electron chi connectivity index (χ2n) is 7.91. The van der Waals surface area contributed by atoms with Crippen molar-refractivity contribution in [2.75, 3.05) is 27.2 Å². The van der Waals surface area contributed by atoms with Crippen molar-refractivity contribution in [3.8, 4) is 5.75 Å². The summed E-state index contributed by atoms with van der Waals surface area (Å²) in [4.78, 5) is 17.7. The molecule has 2 aromatic rings. The largest absolute Gasteiger partial charge is 0.497 e. The quantitative estimate of drug-likeness (QED) is 0.812. The average Bonchev–Trinajstić information content (AvgIpc) is 3.10. The maximum atomic E-state index is 13.4. The summed E-state index contributed by atoms with van der Waals surface area (Å²) in [7, 11) is 3.78. The molecule has 0 N–H and O–H groups in total. The molecule has 5 heteroatoms. The lowest BCUT2D eigenvalue weighted by Crippen LogP contribution is -2.50. The van der Waals surface area contributed by atoms with E-state index in [2.05, 4.69) is 16.8 Å². The van der Waals surface area contributed by atoms with Crippen LogP contribution in [-0.4, -0.2) is 55.0 Å². The highest BCUT2D eigenvalue weighted by Gasteiger charge is 2.47. The first-order chi connectivity index (χ1) is 13.6. The number of nitrogens with zero attached hydrogens (tertiary/aromatic N) is 2. The summed E-state index contributed by atoms with van der Waals surface area (Å²) in [5.74, 6) is 0.917. The fourth-order valence-corrected chi connectivity index (χ4v) is 4.89. The van der Waals surface area contributed by atoms with Gasteiger partial charge >= 0.3 is 0 Å².